The van der Waals surface area contributed by atoms with Gasteiger partial charge in [-0.05, 0) is 37.6 Å². The first-order valence-corrected chi connectivity index (χ1v) is 6.00. The summed E-state index contributed by atoms with van der Waals surface area (Å²) in [5, 5.41) is 0. The molecular weight excluding hydrogens is 228 g/mol. The van der Waals surface area contributed by atoms with Crippen molar-refractivity contribution in [2.75, 3.05) is 13.2 Å². The van der Waals surface area contributed by atoms with E-state index in [1.807, 2.05) is 31.2 Å². The Bertz CT molecular complexity index is 512. The van der Waals surface area contributed by atoms with E-state index in [9.17, 15) is 4.79 Å². The molecule has 1 aromatic rings. The molecule has 0 N–H and O–H groups in total. The fraction of sp³-hybridized carbons (Fsp3) is 0.267. The lowest BCUT2D eigenvalue weighted by molar-refractivity contribution is -0.138. The second kappa shape index (κ2) is 5.54. The second-order valence-electron chi connectivity index (χ2n) is 4.03. The highest BCUT2D eigenvalue weighted by Gasteiger charge is 2.12. The summed E-state index contributed by atoms with van der Waals surface area (Å²) in [6, 6.07) is 5.87. The molecule has 3 nitrogen and oxygen atoms in total. The highest BCUT2D eigenvalue weighted by atomic mass is 16.5. The quantitative estimate of drug-likeness (QED) is 0.750. The third-order valence-electron chi connectivity index (χ3n) is 2.69. The van der Waals surface area contributed by atoms with Crippen molar-refractivity contribution in [2.45, 2.75) is 13.8 Å². The van der Waals surface area contributed by atoms with Gasteiger partial charge >= 0.3 is 5.97 Å². The molecule has 0 atom stereocenters. The van der Waals surface area contributed by atoms with Crippen LogP contribution in [0.3, 0.4) is 0 Å². The van der Waals surface area contributed by atoms with Crippen LogP contribution in [0.15, 0.2) is 35.9 Å². The monoisotopic (exact) mass is 244 g/mol. The number of hydrogen-bond donors (Lipinski definition) is 0. The highest BCUT2D eigenvalue weighted by Crippen LogP contribution is 2.27. The van der Waals surface area contributed by atoms with Crippen molar-refractivity contribution in [1.29, 1.82) is 0 Å². The molecule has 0 saturated heterocycles. The third kappa shape index (κ3) is 2.62. The molecule has 0 unspecified atom stereocenters. The lowest BCUT2D eigenvalue weighted by Crippen LogP contribution is -2.08. The smallest absolute Gasteiger partial charge is 0.338 e. The predicted octanol–water partition coefficient (Wildman–Crippen LogP) is 2.89. The van der Waals surface area contributed by atoms with Crippen LogP contribution >= 0.6 is 0 Å². The number of esters is 1. The van der Waals surface area contributed by atoms with Crippen LogP contribution < -0.4 is 4.74 Å². The fourth-order valence-electron chi connectivity index (χ4n) is 1.85. The van der Waals surface area contributed by atoms with E-state index >= 15 is 0 Å². The third-order valence-corrected chi connectivity index (χ3v) is 2.69. The maximum atomic E-state index is 11.8. The fourth-order valence-corrected chi connectivity index (χ4v) is 1.85. The van der Waals surface area contributed by atoms with Crippen molar-refractivity contribution in [3.8, 4) is 5.75 Å². The Morgan fingerprint density at radius 1 is 1.44 bits per heavy atom. The van der Waals surface area contributed by atoms with Gasteiger partial charge in [0.1, 0.15) is 12.4 Å². The van der Waals surface area contributed by atoms with Crippen LogP contribution in [0.25, 0.3) is 6.08 Å². The number of ether oxygens (including phenoxy) is 2. The number of carbonyl (C=O) groups is 1. The summed E-state index contributed by atoms with van der Waals surface area (Å²) in [6.07, 6.45) is 5.36. The minimum Gasteiger partial charge on any atom is -0.489 e. The van der Waals surface area contributed by atoms with E-state index < -0.39 is 0 Å². The number of carbonyl (C=O) groups excluding carboxylic acids is 1. The van der Waals surface area contributed by atoms with Gasteiger partial charge in [-0.25, -0.2) is 4.79 Å². The first-order chi connectivity index (χ1) is 8.72. The van der Waals surface area contributed by atoms with E-state index in [1.165, 1.54) is 0 Å². The number of para-hydroxylation sites is 1. The van der Waals surface area contributed by atoms with Crippen molar-refractivity contribution in [3.63, 3.8) is 0 Å². The zero-order chi connectivity index (χ0) is 13.0. The zero-order valence-corrected chi connectivity index (χ0v) is 10.6. The molecule has 0 amide bonds. The van der Waals surface area contributed by atoms with Gasteiger partial charge < -0.3 is 9.47 Å². The molecule has 1 aromatic carbocycles. The molecule has 0 radical (unpaired) electrons. The van der Waals surface area contributed by atoms with Crippen molar-refractivity contribution < 1.29 is 14.3 Å². The van der Waals surface area contributed by atoms with Crippen molar-refractivity contribution in [3.05, 3.63) is 47.1 Å². The van der Waals surface area contributed by atoms with Gasteiger partial charge in [-0.3, -0.25) is 0 Å². The van der Waals surface area contributed by atoms with E-state index in [1.54, 1.807) is 19.1 Å². The molecule has 1 aliphatic heterocycles. The zero-order valence-electron chi connectivity index (χ0n) is 10.6. The van der Waals surface area contributed by atoms with Gasteiger partial charge in [0.05, 0.1) is 12.2 Å². The van der Waals surface area contributed by atoms with Gasteiger partial charge in [0, 0.05) is 5.56 Å². The first kappa shape index (κ1) is 12.4. The lowest BCUT2D eigenvalue weighted by Gasteiger charge is -2.13. The van der Waals surface area contributed by atoms with Crippen LogP contribution in [0.1, 0.15) is 18.1 Å². The Labute approximate surface area is 107 Å². The number of aryl methyl sites for hydroxylation is 1. The summed E-state index contributed by atoms with van der Waals surface area (Å²) in [5.41, 5.74) is 2.51. The molecule has 0 spiro atoms. The van der Waals surface area contributed by atoms with Gasteiger partial charge in [-0.15, -0.1) is 0 Å². The average Bonchev–Trinajstić information content (AvgIpc) is 2.31. The lowest BCUT2D eigenvalue weighted by atomic mass is 10.1. The van der Waals surface area contributed by atoms with Crippen molar-refractivity contribution in [2.24, 2.45) is 0 Å². The number of hydrogen-bond acceptors (Lipinski definition) is 3. The van der Waals surface area contributed by atoms with E-state index in [-0.39, 0.29) is 5.97 Å². The van der Waals surface area contributed by atoms with Gasteiger partial charge in [0.25, 0.3) is 0 Å². The van der Waals surface area contributed by atoms with E-state index in [0.29, 0.717) is 18.8 Å². The summed E-state index contributed by atoms with van der Waals surface area (Å²) < 4.78 is 10.7. The normalized spacial score (nSPS) is 18.4. The SMILES string of the molecule is CCOC(=O)C1=C/c2cccc(C)c2OC/C=C\1. The number of benzene rings is 1. The highest BCUT2D eigenvalue weighted by molar-refractivity contribution is 5.97. The maximum absolute atomic E-state index is 11.8. The summed E-state index contributed by atoms with van der Waals surface area (Å²) in [5.74, 6) is 0.520. The van der Waals surface area contributed by atoms with Gasteiger partial charge in [0.2, 0.25) is 0 Å². The Balaban J connectivity index is 2.43. The van der Waals surface area contributed by atoms with Crippen LogP contribution in [0.2, 0.25) is 0 Å². The summed E-state index contributed by atoms with van der Waals surface area (Å²) in [6.45, 7) is 4.62. The first-order valence-electron chi connectivity index (χ1n) is 6.00. The molecule has 2 rings (SSSR count). The molecule has 1 aliphatic rings. The largest absolute Gasteiger partial charge is 0.489 e. The van der Waals surface area contributed by atoms with Crippen molar-refractivity contribution in [1.82, 2.24) is 0 Å². The van der Waals surface area contributed by atoms with Gasteiger partial charge in [0.15, 0.2) is 0 Å². The molecule has 0 bridgehead atoms. The summed E-state index contributed by atoms with van der Waals surface area (Å²) >= 11 is 0. The molecule has 0 aliphatic carbocycles. The number of rotatable bonds is 2. The number of fused-ring (bicyclic) bond motifs is 1. The summed E-state index contributed by atoms with van der Waals surface area (Å²) in [7, 11) is 0. The standard InChI is InChI=1S/C15H16O3/c1-3-17-15(16)13-8-5-9-18-14-11(2)6-4-7-12(14)10-13/h4-8,10H,3,9H2,1-2H3/b8-5-,13-10+. The molecule has 0 fully saturated rings. The second-order valence-corrected chi connectivity index (χ2v) is 4.03. The summed E-state index contributed by atoms with van der Waals surface area (Å²) in [4.78, 5) is 11.8. The molecule has 18 heavy (non-hydrogen) atoms. The Morgan fingerprint density at radius 2 is 2.28 bits per heavy atom. The van der Waals surface area contributed by atoms with Crippen LogP contribution in [-0.4, -0.2) is 19.2 Å². The van der Waals surface area contributed by atoms with Crippen LogP contribution in [0.4, 0.5) is 0 Å². The molecule has 0 aromatic heterocycles. The van der Waals surface area contributed by atoms with Gasteiger partial charge in [-0.1, -0.05) is 18.2 Å². The van der Waals surface area contributed by atoms with E-state index in [0.717, 1.165) is 16.9 Å². The van der Waals surface area contributed by atoms with Gasteiger partial charge in [-0.2, -0.15) is 0 Å². The van der Waals surface area contributed by atoms with Crippen LogP contribution in [-0.2, 0) is 9.53 Å². The maximum Gasteiger partial charge on any atom is 0.338 e. The minimum atomic E-state index is -0.303. The molecular formula is C15H16O3. The van der Waals surface area contributed by atoms with Crippen LogP contribution in [0, 0.1) is 6.92 Å². The Hall–Kier alpha value is -2.03. The van der Waals surface area contributed by atoms with Crippen LogP contribution in [0.5, 0.6) is 5.75 Å². The predicted molar refractivity (Wildman–Crippen MR) is 70.4 cm³/mol. The molecule has 0 saturated carbocycles. The van der Waals surface area contributed by atoms with E-state index in [2.05, 4.69) is 0 Å². The average molecular weight is 244 g/mol. The van der Waals surface area contributed by atoms with Crippen molar-refractivity contribution >= 4 is 12.0 Å². The molecule has 3 heteroatoms. The minimum absolute atomic E-state index is 0.303. The Morgan fingerprint density at radius 3 is 3.06 bits per heavy atom. The molecule has 94 valence electrons. The molecule has 1 heterocycles. The Kier molecular flexibility index (Phi) is 3.82. The van der Waals surface area contributed by atoms with E-state index in [4.69, 9.17) is 9.47 Å². The topological polar surface area (TPSA) is 35.5 Å².